The van der Waals surface area contributed by atoms with Crippen molar-refractivity contribution in [3.05, 3.63) is 54.0 Å². The van der Waals surface area contributed by atoms with Gasteiger partial charge in [-0.25, -0.2) is 0 Å². The molecule has 2 N–H and O–H groups in total. The quantitative estimate of drug-likeness (QED) is 0.840. The topological polar surface area (TPSA) is 74.9 Å². The van der Waals surface area contributed by atoms with Gasteiger partial charge in [-0.15, -0.1) is 0 Å². The molecule has 3 rings (SSSR count). The number of ether oxygens (including phenoxy) is 1. The number of carbonyl (C=O) groups is 1. The minimum atomic E-state index is -0.585. The molecule has 1 saturated heterocycles. The average Bonchev–Trinajstić information content (AvgIpc) is 3.20. The first-order valence-corrected chi connectivity index (χ1v) is 8.55. The summed E-state index contributed by atoms with van der Waals surface area (Å²) in [5.41, 5.74) is 0.831. The highest BCUT2D eigenvalue weighted by atomic mass is 16.5. The zero-order chi connectivity index (χ0) is 17.6. The minimum Gasteiger partial charge on any atom is -0.497 e. The summed E-state index contributed by atoms with van der Waals surface area (Å²) in [7, 11) is 1.61. The Bertz CT molecular complexity index is 678. The second-order valence-electron chi connectivity index (χ2n) is 6.24. The standard InChI is InChI=1S/C19H24N2O4/c1-24-16-5-2-4-14(12-16)17(22)13-20-15-7-9-21(10-8-15)19(23)18-6-3-11-25-18/h2-6,11-12,15,17,20,22H,7-10,13H2,1H3. The van der Waals surface area contributed by atoms with Gasteiger partial charge in [0.05, 0.1) is 19.5 Å². The van der Waals surface area contributed by atoms with E-state index in [2.05, 4.69) is 5.32 Å². The van der Waals surface area contributed by atoms with Gasteiger partial charge in [0, 0.05) is 25.7 Å². The lowest BCUT2D eigenvalue weighted by Gasteiger charge is -2.32. The maximum absolute atomic E-state index is 12.2. The molecule has 6 heteroatoms. The maximum atomic E-state index is 12.2. The lowest BCUT2D eigenvalue weighted by molar-refractivity contribution is 0.0666. The largest absolute Gasteiger partial charge is 0.497 e. The molecule has 1 atom stereocenters. The van der Waals surface area contributed by atoms with Crippen molar-refractivity contribution in [1.29, 1.82) is 0 Å². The van der Waals surface area contributed by atoms with Crippen LogP contribution in [0.25, 0.3) is 0 Å². The molecule has 0 aliphatic carbocycles. The molecular weight excluding hydrogens is 320 g/mol. The van der Waals surface area contributed by atoms with Crippen LogP contribution < -0.4 is 10.1 Å². The molecule has 1 aliphatic heterocycles. The van der Waals surface area contributed by atoms with Gasteiger partial charge < -0.3 is 24.5 Å². The number of hydrogen-bond donors (Lipinski definition) is 2. The van der Waals surface area contributed by atoms with E-state index in [-0.39, 0.29) is 5.91 Å². The molecule has 2 aromatic rings. The SMILES string of the molecule is COc1cccc(C(O)CNC2CCN(C(=O)c3ccco3)CC2)c1. The molecule has 0 bridgehead atoms. The van der Waals surface area contributed by atoms with Gasteiger partial charge in [-0.1, -0.05) is 12.1 Å². The molecule has 0 saturated carbocycles. The maximum Gasteiger partial charge on any atom is 0.289 e. The van der Waals surface area contributed by atoms with E-state index in [9.17, 15) is 9.90 Å². The van der Waals surface area contributed by atoms with Crippen molar-refractivity contribution in [1.82, 2.24) is 10.2 Å². The van der Waals surface area contributed by atoms with Crippen LogP contribution in [0, 0.1) is 0 Å². The molecule has 0 radical (unpaired) electrons. The number of rotatable bonds is 6. The number of hydrogen-bond acceptors (Lipinski definition) is 5. The number of amides is 1. The van der Waals surface area contributed by atoms with Crippen LogP contribution in [0.15, 0.2) is 47.1 Å². The van der Waals surface area contributed by atoms with E-state index in [0.29, 0.717) is 31.4 Å². The second kappa shape index (κ2) is 8.18. The molecule has 0 spiro atoms. The van der Waals surface area contributed by atoms with Gasteiger partial charge in [0.2, 0.25) is 0 Å². The number of piperidine rings is 1. The monoisotopic (exact) mass is 344 g/mol. The Balaban J connectivity index is 1.45. The smallest absolute Gasteiger partial charge is 0.289 e. The molecule has 1 unspecified atom stereocenters. The fourth-order valence-electron chi connectivity index (χ4n) is 3.09. The highest BCUT2D eigenvalue weighted by Gasteiger charge is 2.25. The first kappa shape index (κ1) is 17.5. The molecule has 1 aromatic heterocycles. The number of carbonyl (C=O) groups excluding carboxylic acids is 1. The van der Waals surface area contributed by atoms with Gasteiger partial charge in [-0.2, -0.15) is 0 Å². The van der Waals surface area contributed by atoms with E-state index in [1.54, 1.807) is 19.2 Å². The van der Waals surface area contributed by atoms with Crippen LogP contribution in [-0.2, 0) is 0 Å². The van der Waals surface area contributed by atoms with Crippen molar-refractivity contribution >= 4 is 5.91 Å². The van der Waals surface area contributed by atoms with Crippen LogP contribution in [-0.4, -0.2) is 48.7 Å². The molecule has 25 heavy (non-hydrogen) atoms. The third kappa shape index (κ3) is 4.41. The van der Waals surface area contributed by atoms with E-state index in [0.717, 1.165) is 24.2 Å². The third-order valence-electron chi connectivity index (χ3n) is 4.59. The van der Waals surface area contributed by atoms with Crippen molar-refractivity contribution in [2.45, 2.75) is 25.0 Å². The summed E-state index contributed by atoms with van der Waals surface area (Å²) in [6.45, 7) is 1.85. The first-order chi connectivity index (χ1) is 12.2. The van der Waals surface area contributed by atoms with Gasteiger partial charge >= 0.3 is 0 Å². The second-order valence-corrected chi connectivity index (χ2v) is 6.24. The zero-order valence-corrected chi connectivity index (χ0v) is 14.4. The predicted molar refractivity (Wildman–Crippen MR) is 93.6 cm³/mol. The van der Waals surface area contributed by atoms with Crippen LogP contribution in [0.2, 0.25) is 0 Å². The van der Waals surface area contributed by atoms with Crippen molar-refractivity contribution in [2.24, 2.45) is 0 Å². The van der Waals surface area contributed by atoms with E-state index in [1.165, 1.54) is 6.26 Å². The summed E-state index contributed by atoms with van der Waals surface area (Å²) < 4.78 is 10.4. The molecule has 134 valence electrons. The van der Waals surface area contributed by atoms with Gasteiger partial charge in [-0.05, 0) is 42.7 Å². The number of likely N-dealkylation sites (tertiary alicyclic amines) is 1. The Morgan fingerprint density at radius 2 is 2.16 bits per heavy atom. The van der Waals surface area contributed by atoms with E-state index < -0.39 is 6.10 Å². The molecular formula is C19H24N2O4. The minimum absolute atomic E-state index is 0.0557. The number of benzene rings is 1. The molecule has 1 fully saturated rings. The van der Waals surface area contributed by atoms with Crippen molar-refractivity contribution in [3.8, 4) is 5.75 Å². The molecule has 1 amide bonds. The lowest BCUT2D eigenvalue weighted by atomic mass is 10.0. The molecule has 2 heterocycles. The Hall–Kier alpha value is -2.31. The fraction of sp³-hybridized carbons (Fsp3) is 0.421. The van der Waals surface area contributed by atoms with Crippen molar-refractivity contribution in [2.75, 3.05) is 26.7 Å². The number of furan rings is 1. The Kier molecular flexibility index (Phi) is 5.73. The lowest BCUT2D eigenvalue weighted by Crippen LogP contribution is -2.45. The molecule has 1 aliphatic rings. The number of nitrogens with zero attached hydrogens (tertiary/aromatic N) is 1. The van der Waals surface area contributed by atoms with Crippen LogP contribution in [0.1, 0.15) is 35.1 Å². The van der Waals surface area contributed by atoms with Crippen LogP contribution in [0.4, 0.5) is 0 Å². The van der Waals surface area contributed by atoms with Crippen LogP contribution >= 0.6 is 0 Å². The van der Waals surface area contributed by atoms with E-state index >= 15 is 0 Å². The normalized spacial score (nSPS) is 16.6. The van der Waals surface area contributed by atoms with E-state index in [4.69, 9.17) is 9.15 Å². The Labute approximate surface area is 147 Å². The number of methoxy groups -OCH3 is 1. The number of aliphatic hydroxyl groups excluding tert-OH is 1. The van der Waals surface area contributed by atoms with Gasteiger partial charge in [0.15, 0.2) is 5.76 Å². The summed E-state index contributed by atoms with van der Waals surface area (Å²) >= 11 is 0. The summed E-state index contributed by atoms with van der Waals surface area (Å²) in [5, 5.41) is 13.7. The molecule has 1 aromatic carbocycles. The van der Waals surface area contributed by atoms with Gasteiger partial charge in [0.1, 0.15) is 5.75 Å². The molecule has 6 nitrogen and oxygen atoms in total. The van der Waals surface area contributed by atoms with Crippen molar-refractivity contribution in [3.63, 3.8) is 0 Å². The Morgan fingerprint density at radius 1 is 1.36 bits per heavy atom. The number of nitrogens with one attached hydrogen (secondary N) is 1. The summed E-state index contributed by atoms with van der Waals surface area (Å²) in [5.74, 6) is 1.07. The van der Waals surface area contributed by atoms with E-state index in [1.807, 2.05) is 29.2 Å². The summed E-state index contributed by atoms with van der Waals surface area (Å²) in [6.07, 6.45) is 2.65. The number of aliphatic hydroxyl groups is 1. The first-order valence-electron chi connectivity index (χ1n) is 8.55. The highest BCUT2D eigenvalue weighted by molar-refractivity contribution is 5.91. The highest BCUT2D eigenvalue weighted by Crippen LogP contribution is 2.20. The third-order valence-corrected chi connectivity index (χ3v) is 4.59. The van der Waals surface area contributed by atoms with Gasteiger partial charge in [-0.3, -0.25) is 4.79 Å². The average molecular weight is 344 g/mol. The van der Waals surface area contributed by atoms with Crippen LogP contribution in [0.5, 0.6) is 5.75 Å². The van der Waals surface area contributed by atoms with Crippen molar-refractivity contribution < 1.29 is 19.1 Å². The summed E-state index contributed by atoms with van der Waals surface area (Å²) in [6, 6.07) is 11.2. The predicted octanol–water partition coefficient (Wildman–Crippen LogP) is 2.22. The fourth-order valence-corrected chi connectivity index (χ4v) is 3.09. The zero-order valence-electron chi connectivity index (χ0n) is 14.4. The van der Waals surface area contributed by atoms with Gasteiger partial charge in [0.25, 0.3) is 5.91 Å². The summed E-state index contributed by atoms with van der Waals surface area (Å²) in [4.78, 5) is 14.1. The Morgan fingerprint density at radius 3 is 2.84 bits per heavy atom. The van der Waals surface area contributed by atoms with Crippen LogP contribution in [0.3, 0.4) is 0 Å².